The first-order valence-corrected chi connectivity index (χ1v) is 10.8. The molecule has 3 nitrogen and oxygen atoms in total. The van der Waals surface area contributed by atoms with E-state index < -0.39 is 0 Å². The monoisotopic (exact) mass is 426 g/mol. The molecule has 0 saturated carbocycles. The van der Waals surface area contributed by atoms with Crippen molar-refractivity contribution in [1.29, 1.82) is 0 Å². The second-order valence-corrected chi connectivity index (χ2v) is 7.60. The maximum atomic E-state index is 6.12. The molecule has 0 aliphatic heterocycles. The van der Waals surface area contributed by atoms with Gasteiger partial charge in [0, 0.05) is 23.6 Å². The molecule has 0 atom stereocenters. The Labute approximate surface area is 193 Å². The lowest BCUT2D eigenvalue weighted by Crippen LogP contribution is -1.79. The van der Waals surface area contributed by atoms with Gasteiger partial charge in [-0.15, -0.1) is 0 Å². The van der Waals surface area contributed by atoms with Gasteiger partial charge in [-0.05, 0) is 71.8 Å². The lowest BCUT2D eigenvalue weighted by molar-refractivity contribution is 0.597. The van der Waals surface area contributed by atoms with Gasteiger partial charge in [0.1, 0.15) is 11.5 Å². The minimum absolute atomic E-state index is 0.828. The van der Waals surface area contributed by atoms with Crippen molar-refractivity contribution in [3.8, 4) is 22.6 Å². The summed E-state index contributed by atoms with van der Waals surface area (Å²) in [6.07, 6.45) is 3.74. The Hall–Kier alpha value is -4.50. The molecule has 3 heteroatoms. The van der Waals surface area contributed by atoms with E-state index in [1.807, 2.05) is 134 Å². The van der Waals surface area contributed by atoms with Crippen LogP contribution in [0.2, 0.25) is 0 Å². The number of furan rings is 1. The highest BCUT2D eigenvalue weighted by molar-refractivity contribution is 5.82. The van der Waals surface area contributed by atoms with Crippen molar-refractivity contribution in [3.05, 3.63) is 132 Å². The number of hydrogen-bond acceptors (Lipinski definition) is 3. The van der Waals surface area contributed by atoms with E-state index >= 15 is 0 Å². The van der Waals surface area contributed by atoms with E-state index in [1.54, 1.807) is 0 Å². The van der Waals surface area contributed by atoms with Crippen molar-refractivity contribution < 1.29 is 4.42 Å². The van der Waals surface area contributed by atoms with Crippen molar-refractivity contribution in [2.45, 2.75) is 0 Å². The standard InChI is InChI=1S/C30H22N2O/c1-3-7-23(8-4-1)21-31-27-15-11-25(12-16-27)29-19-20-30(33-29)26-13-17-28(18-14-26)32-22-24-9-5-2-6-10-24/h1-22H/b31-21+,32-22+. The first-order valence-electron chi connectivity index (χ1n) is 10.8. The summed E-state index contributed by atoms with van der Waals surface area (Å²) < 4.78 is 6.12. The molecule has 0 N–H and O–H groups in total. The zero-order valence-electron chi connectivity index (χ0n) is 18.0. The van der Waals surface area contributed by atoms with Crippen LogP contribution in [0.15, 0.2) is 136 Å². The summed E-state index contributed by atoms with van der Waals surface area (Å²) in [7, 11) is 0. The average Bonchev–Trinajstić information content (AvgIpc) is 3.38. The quantitative estimate of drug-likeness (QED) is 0.253. The molecule has 0 aliphatic rings. The highest BCUT2D eigenvalue weighted by atomic mass is 16.3. The maximum absolute atomic E-state index is 6.12. The molecule has 33 heavy (non-hydrogen) atoms. The Morgan fingerprint density at radius 1 is 0.424 bits per heavy atom. The van der Waals surface area contributed by atoms with Crippen LogP contribution >= 0.6 is 0 Å². The minimum atomic E-state index is 0.828. The molecule has 0 spiro atoms. The third-order valence-electron chi connectivity index (χ3n) is 5.23. The fraction of sp³-hybridized carbons (Fsp3) is 0. The first kappa shape index (κ1) is 20.4. The minimum Gasteiger partial charge on any atom is -0.456 e. The summed E-state index contributed by atoms with van der Waals surface area (Å²) in [5.41, 5.74) is 6.00. The van der Waals surface area contributed by atoms with Crippen LogP contribution < -0.4 is 0 Å². The highest BCUT2D eigenvalue weighted by Crippen LogP contribution is 2.30. The third-order valence-corrected chi connectivity index (χ3v) is 5.23. The largest absolute Gasteiger partial charge is 0.456 e. The summed E-state index contributed by atoms with van der Waals surface area (Å²) in [6.45, 7) is 0. The van der Waals surface area contributed by atoms with E-state index in [9.17, 15) is 0 Å². The van der Waals surface area contributed by atoms with Gasteiger partial charge in [-0.1, -0.05) is 60.7 Å². The van der Waals surface area contributed by atoms with E-state index in [0.29, 0.717) is 0 Å². The Bertz CT molecular complexity index is 1260. The number of rotatable bonds is 6. The fourth-order valence-corrected chi connectivity index (χ4v) is 3.45. The van der Waals surface area contributed by atoms with Gasteiger partial charge in [0.2, 0.25) is 0 Å². The third kappa shape index (κ3) is 5.23. The maximum Gasteiger partial charge on any atom is 0.134 e. The Morgan fingerprint density at radius 3 is 1.21 bits per heavy atom. The van der Waals surface area contributed by atoms with Gasteiger partial charge < -0.3 is 4.42 Å². The zero-order valence-corrected chi connectivity index (χ0v) is 18.0. The Kier molecular flexibility index (Phi) is 6.03. The van der Waals surface area contributed by atoms with Crippen LogP contribution in [0.1, 0.15) is 11.1 Å². The summed E-state index contributed by atoms with van der Waals surface area (Å²) in [5.74, 6) is 1.66. The van der Waals surface area contributed by atoms with Crippen LogP contribution in [0.5, 0.6) is 0 Å². The van der Waals surface area contributed by atoms with E-state index in [-0.39, 0.29) is 0 Å². The molecule has 158 valence electrons. The van der Waals surface area contributed by atoms with E-state index in [4.69, 9.17) is 4.42 Å². The fourth-order valence-electron chi connectivity index (χ4n) is 3.45. The summed E-state index contributed by atoms with van der Waals surface area (Å²) in [4.78, 5) is 9.08. The van der Waals surface area contributed by atoms with Crippen LogP contribution in [0.4, 0.5) is 11.4 Å². The van der Waals surface area contributed by atoms with Crippen LogP contribution in [0, 0.1) is 0 Å². The molecule has 4 aromatic carbocycles. The van der Waals surface area contributed by atoms with Crippen LogP contribution in [0.25, 0.3) is 22.6 Å². The van der Waals surface area contributed by atoms with Crippen molar-refractivity contribution in [1.82, 2.24) is 0 Å². The molecule has 0 aliphatic carbocycles. The SMILES string of the molecule is C(=N\c1ccc(-c2ccc(-c3ccc(/N=C/c4ccccc4)cc3)o2)cc1)/c1ccccc1. The number of benzene rings is 4. The predicted molar refractivity (Wildman–Crippen MR) is 137 cm³/mol. The lowest BCUT2D eigenvalue weighted by Gasteiger charge is -2.01. The molecule has 1 aromatic heterocycles. The zero-order chi connectivity index (χ0) is 22.3. The lowest BCUT2D eigenvalue weighted by atomic mass is 10.1. The second-order valence-electron chi connectivity index (χ2n) is 7.60. The van der Waals surface area contributed by atoms with Gasteiger partial charge in [-0.2, -0.15) is 0 Å². The predicted octanol–water partition coefficient (Wildman–Crippen LogP) is 8.11. The average molecular weight is 427 g/mol. The molecule has 0 saturated heterocycles. The van der Waals surface area contributed by atoms with Gasteiger partial charge >= 0.3 is 0 Å². The molecule has 5 rings (SSSR count). The van der Waals surface area contributed by atoms with Crippen LogP contribution in [-0.4, -0.2) is 12.4 Å². The van der Waals surface area contributed by atoms with Gasteiger partial charge in [0.15, 0.2) is 0 Å². The summed E-state index contributed by atoms with van der Waals surface area (Å²) in [6, 6.07) is 40.2. The van der Waals surface area contributed by atoms with Crippen molar-refractivity contribution in [2.75, 3.05) is 0 Å². The van der Waals surface area contributed by atoms with Crippen LogP contribution in [0.3, 0.4) is 0 Å². The van der Waals surface area contributed by atoms with Crippen molar-refractivity contribution in [2.24, 2.45) is 9.98 Å². The summed E-state index contributed by atoms with van der Waals surface area (Å²) in [5, 5.41) is 0. The Balaban J connectivity index is 1.27. The molecular weight excluding hydrogens is 404 g/mol. The van der Waals surface area contributed by atoms with Crippen molar-refractivity contribution >= 4 is 23.8 Å². The van der Waals surface area contributed by atoms with E-state index in [0.717, 1.165) is 45.1 Å². The molecule has 0 bridgehead atoms. The van der Waals surface area contributed by atoms with Crippen molar-refractivity contribution in [3.63, 3.8) is 0 Å². The first-order chi connectivity index (χ1) is 16.3. The molecule has 1 heterocycles. The molecule has 0 unspecified atom stereocenters. The van der Waals surface area contributed by atoms with Gasteiger partial charge in [-0.3, -0.25) is 9.98 Å². The molecule has 0 fully saturated rings. The molecule has 5 aromatic rings. The van der Waals surface area contributed by atoms with E-state index in [1.165, 1.54) is 0 Å². The Morgan fingerprint density at radius 2 is 0.818 bits per heavy atom. The number of nitrogens with zero attached hydrogens (tertiary/aromatic N) is 2. The van der Waals surface area contributed by atoms with Gasteiger partial charge in [-0.25, -0.2) is 0 Å². The normalized spacial score (nSPS) is 11.4. The number of hydrogen-bond donors (Lipinski definition) is 0. The second kappa shape index (κ2) is 9.75. The topological polar surface area (TPSA) is 37.9 Å². The number of aliphatic imine (C=N–C) groups is 2. The smallest absolute Gasteiger partial charge is 0.134 e. The molecule has 0 amide bonds. The van der Waals surface area contributed by atoms with Gasteiger partial charge in [0.25, 0.3) is 0 Å². The van der Waals surface area contributed by atoms with E-state index in [2.05, 4.69) is 9.98 Å². The highest BCUT2D eigenvalue weighted by Gasteiger charge is 2.07. The summed E-state index contributed by atoms with van der Waals surface area (Å²) >= 11 is 0. The molecule has 0 radical (unpaired) electrons. The molecular formula is C30H22N2O. The van der Waals surface area contributed by atoms with Gasteiger partial charge in [0.05, 0.1) is 11.4 Å². The van der Waals surface area contributed by atoms with Crippen LogP contribution in [-0.2, 0) is 0 Å².